The Bertz CT molecular complexity index is 544. The van der Waals surface area contributed by atoms with E-state index >= 15 is 0 Å². The van der Waals surface area contributed by atoms with Gasteiger partial charge in [-0.05, 0) is 48.1 Å². The van der Waals surface area contributed by atoms with Crippen LogP contribution in [0.1, 0.15) is 10.4 Å². The number of aromatic nitrogens is 4. The summed E-state index contributed by atoms with van der Waals surface area (Å²) in [5.41, 5.74) is 1.17. The van der Waals surface area contributed by atoms with Crippen LogP contribution in [0.4, 0.5) is 0 Å². The Morgan fingerprint density at radius 3 is 2.53 bits per heavy atom. The first kappa shape index (κ1) is 10.0. The maximum atomic E-state index is 10.8. The Kier molecular flexibility index (Phi) is 2.61. The molecule has 1 aromatic heterocycles. The average molecular weight is 241 g/mol. The summed E-state index contributed by atoms with van der Waals surface area (Å²) in [6, 6.07) is 6.61. The second kappa shape index (κ2) is 3.92. The maximum Gasteiger partial charge on any atom is 0.252 e. The van der Waals surface area contributed by atoms with Gasteiger partial charge in [-0.1, -0.05) is 10.3 Å². The standard InChI is InChI=1S/C8H5ClN4OS/c9-7(14)5-1-3-6(4-2-5)13-8(15)10-11-12-13/h1-4H,(H,10,12,15). The Balaban J connectivity index is 2.44. The quantitative estimate of drug-likeness (QED) is 0.641. The highest BCUT2D eigenvalue weighted by molar-refractivity contribution is 7.71. The van der Waals surface area contributed by atoms with Crippen molar-refractivity contribution in [3.8, 4) is 5.69 Å². The van der Waals surface area contributed by atoms with Gasteiger partial charge in [0.15, 0.2) is 0 Å². The number of aromatic amines is 1. The fourth-order valence-corrected chi connectivity index (χ4v) is 1.42. The molecule has 0 radical (unpaired) electrons. The number of rotatable bonds is 2. The molecule has 0 aliphatic carbocycles. The van der Waals surface area contributed by atoms with E-state index in [1.54, 1.807) is 24.3 Å². The zero-order valence-electron chi connectivity index (χ0n) is 7.35. The summed E-state index contributed by atoms with van der Waals surface area (Å²) in [5, 5.41) is 9.29. The predicted molar refractivity (Wildman–Crippen MR) is 56.7 cm³/mol. The molecule has 7 heteroatoms. The second-order valence-corrected chi connectivity index (χ2v) is 3.45. The van der Waals surface area contributed by atoms with Crippen LogP contribution in [0.3, 0.4) is 0 Å². The Hall–Kier alpha value is -1.53. The van der Waals surface area contributed by atoms with E-state index in [0.717, 1.165) is 5.69 Å². The molecule has 0 spiro atoms. The lowest BCUT2D eigenvalue weighted by molar-refractivity contribution is 0.108. The van der Waals surface area contributed by atoms with Crippen molar-refractivity contribution in [2.24, 2.45) is 0 Å². The average Bonchev–Trinajstić information content (AvgIpc) is 2.65. The Labute approximate surface area is 94.7 Å². The fraction of sp³-hybridized carbons (Fsp3) is 0. The van der Waals surface area contributed by atoms with Gasteiger partial charge in [0.1, 0.15) is 0 Å². The molecule has 5 nitrogen and oxygen atoms in total. The molecule has 0 atom stereocenters. The van der Waals surface area contributed by atoms with E-state index in [2.05, 4.69) is 15.5 Å². The molecule has 0 aliphatic rings. The molecule has 76 valence electrons. The van der Waals surface area contributed by atoms with Gasteiger partial charge in [-0.3, -0.25) is 4.79 Å². The highest BCUT2D eigenvalue weighted by Crippen LogP contribution is 2.10. The number of tetrazole rings is 1. The molecule has 0 aliphatic heterocycles. The summed E-state index contributed by atoms with van der Waals surface area (Å²) in [6.07, 6.45) is 0. The Morgan fingerprint density at radius 1 is 1.40 bits per heavy atom. The van der Waals surface area contributed by atoms with Crippen LogP contribution in [0, 0.1) is 4.77 Å². The molecule has 0 unspecified atom stereocenters. The first-order chi connectivity index (χ1) is 7.18. The van der Waals surface area contributed by atoms with E-state index in [0.29, 0.717) is 10.3 Å². The number of nitrogens with one attached hydrogen (secondary N) is 1. The number of nitrogens with zero attached hydrogens (tertiary/aromatic N) is 3. The first-order valence-electron chi connectivity index (χ1n) is 3.99. The highest BCUT2D eigenvalue weighted by atomic mass is 35.5. The molecule has 0 amide bonds. The van der Waals surface area contributed by atoms with Crippen molar-refractivity contribution in [3.05, 3.63) is 34.6 Å². The van der Waals surface area contributed by atoms with E-state index in [1.165, 1.54) is 4.68 Å². The van der Waals surface area contributed by atoms with Gasteiger partial charge in [-0.15, -0.1) is 0 Å². The molecule has 0 bridgehead atoms. The maximum absolute atomic E-state index is 10.8. The fourth-order valence-electron chi connectivity index (χ4n) is 1.11. The van der Waals surface area contributed by atoms with Gasteiger partial charge >= 0.3 is 0 Å². The van der Waals surface area contributed by atoms with Crippen LogP contribution in [0.2, 0.25) is 0 Å². The third-order valence-electron chi connectivity index (χ3n) is 1.82. The van der Waals surface area contributed by atoms with Crippen molar-refractivity contribution in [1.29, 1.82) is 0 Å². The van der Waals surface area contributed by atoms with Crippen LogP contribution < -0.4 is 0 Å². The minimum atomic E-state index is -0.493. The number of hydrogen-bond acceptors (Lipinski definition) is 4. The number of carbonyl (C=O) groups is 1. The number of carbonyl (C=O) groups excluding carboxylic acids is 1. The molecule has 1 aromatic carbocycles. The van der Waals surface area contributed by atoms with Gasteiger partial charge < -0.3 is 0 Å². The van der Waals surface area contributed by atoms with Gasteiger partial charge in [-0.25, -0.2) is 4.68 Å². The van der Waals surface area contributed by atoms with Crippen molar-refractivity contribution < 1.29 is 4.79 Å². The number of H-pyrrole nitrogens is 1. The predicted octanol–water partition coefficient (Wildman–Crippen LogP) is 1.70. The van der Waals surface area contributed by atoms with E-state index < -0.39 is 5.24 Å². The zero-order chi connectivity index (χ0) is 10.8. The summed E-state index contributed by atoms with van der Waals surface area (Å²) < 4.78 is 1.83. The van der Waals surface area contributed by atoms with E-state index in [-0.39, 0.29) is 0 Å². The molecule has 2 rings (SSSR count). The number of halogens is 1. The Morgan fingerprint density at radius 2 is 2.07 bits per heavy atom. The molecule has 0 saturated heterocycles. The van der Waals surface area contributed by atoms with Gasteiger partial charge in [0.25, 0.3) is 5.24 Å². The van der Waals surface area contributed by atoms with Crippen molar-refractivity contribution in [2.75, 3.05) is 0 Å². The molecular formula is C8H5ClN4OS. The van der Waals surface area contributed by atoms with Crippen molar-refractivity contribution in [2.45, 2.75) is 0 Å². The molecule has 1 heterocycles. The lowest BCUT2D eigenvalue weighted by Gasteiger charge is -2.00. The normalized spacial score (nSPS) is 10.2. The van der Waals surface area contributed by atoms with Crippen LogP contribution in [0.15, 0.2) is 24.3 Å². The van der Waals surface area contributed by atoms with Gasteiger partial charge in [0.05, 0.1) is 5.69 Å². The number of hydrogen-bond donors (Lipinski definition) is 1. The third kappa shape index (κ3) is 1.95. The van der Waals surface area contributed by atoms with E-state index in [1.807, 2.05) is 0 Å². The monoisotopic (exact) mass is 240 g/mol. The lowest BCUT2D eigenvalue weighted by atomic mass is 10.2. The zero-order valence-corrected chi connectivity index (χ0v) is 8.92. The highest BCUT2D eigenvalue weighted by Gasteiger charge is 2.03. The molecule has 2 aromatic rings. The third-order valence-corrected chi connectivity index (χ3v) is 2.31. The van der Waals surface area contributed by atoms with Crippen LogP contribution in [0.25, 0.3) is 5.69 Å². The molecule has 1 N–H and O–H groups in total. The van der Waals surface area contributed by atoms with E-state index in [4.69, 9.17) is 23.8 Å². The minimum Gasteiger partial charge on any atom is -0.276 e. The van der Waals surface area contributed by atoms with Crippen molar-refractivity contribution in [3.63, 3.8) is 0 Å². The minimum absolute atomic E-state index is 0.319. The SMILES string of the molecule is O=C(Cl)c1ccc(-n2[nH]nnc2=S)cc1. The topological polar surface area (TPSA) is 63.6 Å². The smallest absolute Gasteiger partial charge is 0.252 e. The molecule has 0 saturated carbocycles. The summed E-state index contributed by atoms with van der Waals surface area (Å²) >= 11 is 10.2. The van der Waals surface area contributed by atoms with Crippen LogP contribution in [0.5, 0.6) is 0 Å². The molecule has 0 fully saturated rings. The number of benzene rings is 1. The lowest BCUT2D eigenvalue weighted by Crippen LogP contribution is -1.97. The van der Waals surface area contributed by atoms with Gasteiger partial charge in [0, 0.05) is 5.56 Å². The van der Waals surface area contributed by atoms with E-state index in [9.17, 15) is 4.79 Å². The van der Waals surface area contributed by atoms with Gasteiger partial charge in [-0.2, -0.15) is 5.21 Å². The van der Waals surface area contributed by atoms with Crippen LogP contribution >= 0.6 is 23.8 Å². The van der Waals surface area contributed by atoms with Crippen LogP contribution in [-0.2, 0) is 0 Å². The second-order valence-electron chi connectivity index (χ2n) is 2.74. The summed E-state index contributed by atoms with van der Waals surface area (Å²) in [7, 11) is 0. The largest absolute Gasteiger partial charge is 0.276 e. The van der Waals surface area contributed by atoms with Crippen molar-refractivity contribution in [1.82, 2.24) is 20.2 Å². The molecule has 15 heavy (non-hydrogen) atoms. The summed E-state index contributed by atoms with van der Waals surface area (Å²) in [6.45, 7) is 0. The molecular weight excluding hydrogens is 236 g/mol. The first-order valence-corrected chi connectivity index (χ1v) is 4.77. The van der Waals surface area contributed by atoms with Crippen LogP contribution in [-0.4, -0.2) is 25.4 Å². The van der Waals surface area contributed by atoms with Gasteiger partial charge in [0.2, 0.25) is 4.77 Å². The van der Waals surface area contributed by atoms with Crippen molar-refractivity contribution >= 4 is 29.1 Å². The summed E-state index contributed by atoms with van der Waals surface area (Å²) in [5.74, 6) is 0. The summed E-state index contributed by atoms with van der Waals surface area (Å²) in [4.78, 5) is 10.8.